The number of alkyl halides is 1. The summed E-state index contributed by atoms with van der Waals surface area (Å²) in [4.78, 5) is 35.6. The summed E-state index contributed by atoms with van der Waals surface area (Å²) < 4.78 is 59.2. The zero-order chi connectivity index (χ0) is 37.0. The molecule has 3 heterocycles. The number of benzene rings is 4. The fraction of sp³-hybridized carbons (Fsp3) is 0.211. The molecule has 2 N–H and O–H groups in total. The minimum Gasteiger partial charge on any atom is -0.497 e. The number of nitrogens with one attached hydrogen (secondary N) is 1. The van der Waals surface area contributed by atoms with Crippen LogP contribution < -0.4 is 14.8 Å². The summed E-state index contributed by atoms with van der Waals surface area (Å²) in [5.74, 6) is 0.946. The van der Waals surface area contributed by atoms with Gasteiger partial charge in [-0.05, 0) is 53.1 Å². The lowest BCUT2D eigenvalue weighted by molar-refractivity contribution is -0.0912. The van der Waals surface area contributed by atoms with Gasteiger partial charge in [0.1, 0.15) is 29.5 Å². The lowest BCUT2D eigenvalue weighted by atomic mass is 9.80. The second kappa shape index (κ2) is 15.5. The number of imidazole rings is 1. The van der Waals surface area contributed by atoms with Gasteiger partial charge in [-0.3, -0.25) is 9.36 Å². The van der Waals surface area contributed by atoms with Crippen LogP contribution in [0.5, 0.6) is 11.5 Å². The van der Waals surface area contributed by atoms with Crippen LogP contribution >= 0.6 is 8.25 Å². The van der Waals surface area contributed by atoms with Gasteiger partial charge in [0.2, 0.25) is 0 Å². The summed E-state index contributed by atoms with van der Waals surface area (Å²) in [7, 11) is -0.0996. The van der Waals surface area contributed by atoms with Gasteiger partial charge < -0.3 is 24.3 Å². The lowest BCUT2D eigenvalue weighted by Crippen LogP contribution is -2.39. The van der Waals surface area contributed by atoms with E-state index in [0.29, 0.717) is 28.2 Å². The molecule has 4 aromatic carbocycles. The van der Waals surface area contributed by atoms with Gasteiger partial charge in [-0.15, -0.1) is 9.42 Å². The van der Waals surface area contributed by atoms with Crippen LogP contribution in [0.15, 0.2) is 122 Å². The van der Waals surface area contributed by atoms with E-state index in [1.54, 1.807) is 44.6 Å². The standard InChI is InChI=1S/C38H33FN5O8P/c1-48-28-17-13-26(14-18-28)38(25-11-7-4-8-12-25,27-15-19-29(49-2)20-16-27)50-21-30-33(52-53(46)47)31(39)37(51-30)44-23-42-32-34(40-22-41-35(32)44)43-36(45)24-9-5-3-6-10-24/h3-20,22-23,30-31,33,37H,21H2,1-2H3,(H-,40,41,43,45,46,47)/p+1/t30-,31-,33-,37-/m1/s1. The number of hydrogen-bond donors (Lipinski definition) is 2. The second-order valence-corrected chi connectivity index (χ2v) is 12.7. The highest BCUT2D eigenvalue weighted by Gasteiger charge is 2.53. The van der Waals surface area contributed by atoms with Crippen LogP contribution in [0, 0.1) is 0 Å². The number of carbonyl (C=O) groups excluding carboxylic acids is 1. The summed E-state index contributed by atoms with van der Waals surface area (Å²) >= 11 is 0. The molecule has 1 saturated heterocycles. The number of carbonyl (C=O) groups is 1. The molecule has 0 aliphatic carbocycles. The molecule has 6 aromatic rings. The number of amides is 1. The van der Waals surface area contributed by atoms with Crippen LogP contribution in [-0.4, -0.2) is 69.5 Å². The fourth-order valence-electron chi connectivity index (χ4n) is 6.46. The van der Waals surface area contributed by atoms with Gasteiger partial charge in [0, 0.05) is 10.1 Å². The molecule has 1 fully saturated rings. The first kappa shape index (κ1) is 35.8. The van der Waals surface area contributed by atoms with E-state index in [-0.39, 0.29) is 23.6 Å². The zero-order valence-electron chi connectivity index (χ0n) is 28.5. The Labute approximate surface area is 304 Å². The van der Waals surface area contributed by atoms with Crippen molar-refractivity contribution in [2.75, 3.05) is 26.1 Å². The Morgan fingerprint density at radius 2 is 1.45 bits per heavy atom. The molecule has 1 amide bonds. The third-order valence-corrected chi connectivity index (χ3v) is 9.44. The molecule has 1 unspecified atom stereocenters. The highest BCUT2D eigenvalue weighted by atomic mass is 31.1. The van der Waals surface area contributed by atoms with Crippen molar-refractivity contribution < 1.29 is 42.1 Å². The SMILES string of the molecule is COc1ccc(C(OC[C@H]2O[C@@H](n3cnc4c(NC(=O)c5ccccc5)ncnc43)[C@H](F)[C@@H]2O[P+](=O)O)(c2ccccc2)c2ccc(OC)cc2)cc1. The summed E-state index contributed by atoms with van der Waals surface area (Å²) in [5, 5.41) is 2.73. The van der Waals surface area contributed by atoms with E-state index >= 15 is 4.39 Å². The molecule has 0 bridgehead atoms. The Balaban J connectivity index is 1.24. The Hall–Kier alpha value is -5.63. The van der Waals surface area contributed by atoms with E-state index in [1.165, 1.54) is 17.2 Å². The van der Waals surface area contributed by atoms with Gasteiger partial charge in [-0.1, -0.05) is 72.8 Å². The molecule has 2 aromatic heterocycles. The molecule has 0 saturated carbocycles. The molecule has 0 radical (unpaired) electrons. The molecule has 1 aliphatic rings. The highest BCUT2D eigenvalue weighted by molar-refractivity contribution is 7.32. The Bertz CT molecular complexity index is 2150. The minimum atomic E-state index is -3.25. The predicted octanol–water partition coefficient (Wildman–Crippen LogP) is 6.37. The van der Waals surface area contributed by atoms with Gasteiger partial charge in [0.05, 0.1) is 27.2 Å². The second-order valence-electron chi connectivity index (χ2n) is 12.0. The van der Waals surface area contributed by atoms with Crippen molar-refractivity contribution >= 4 is 31.1 Å². The van der Waals surface area contributed by atoms with Crippen molar-refractivity contribution in [3.8, 4) is 11.5 Å². The minimum absolute atomic E-state index is 0.105. The molecule has 13 nitrogen and oxygen atoms in total. The molecule has 5 atom stereocenters. The molecular formula is C38H34FN5O8P+. The maximum Gasteiger partial charge on any atom is 0.695 e. The molecule has 0 spiro atoms. The van der Waals surface area contributed by atoms with Crippen LogP contribution in [0.2, 0.25) is 0 Å². The Morgan fingerprint density at radius 1 is 0.868 bits per heavy atom. The topological polar surface area (TPSA) is 156 Å². The number of methoxy groups -OCH3 is 2. The fourth-order valence-corrected chi connectivity index (χ4v) is 6.92. The number of rotatable bonds is 13. The van der Waals surface area contributed by atoms with Crippen LogP contribution in [0.4, 0.5) is 10.2 Å². The molecule has 7 rings (SSSR count). The largest absolute Gasteiger partial charge is 0.695 e. The molecule has 1 aliphatic heterocycles. The van der Waals surface area contributed by atoms with Crippen LogP contribution in [0.1, 0.15) is 33.3 Å². The average Bonchev–Trinajstić information content (AvgIpc) is 3.76. The lowest BCUT2D eigenvalue weighted by Gasteiger charge is -2.37. The number of anilines is 1. The van der Waals surface area contributed by atoms with E-state index in [4.69, 9.17) is 23.5 Å². The highest BCUT2D eigenvalue weighted by Crippen LogP contribution is 2.44. The molecule has 53 heavy (non-hydrogen) atoms. The number of halogens is 1. The zero-order valence-corrected chi connectivity index (χ0v) is 29.4. The van der Waals surface area contributed by atoms with E-state index in [2.05, 4.69) is 20.3 Å². The number of ether oxygens (including phenoxy) is 4. The number of aromatic nitrogens is 4. The van der Waals surface area contributed by atoms with E-state index in [0.717, 1.165) is 5.56 Å². The third kappa shape index (κ3) is 7.10. The molecular weight excluding hydrogens is 704 g/mol. The number of nitrogens with zero attached hydrogens (tertiary/aromatic N) is 4. The van der Waals surface area contributed by atoms with Crippen LogP contribution in [-0.2, 0) is 24.2 Å². The van der Waals surface area contributed by atoms with Gasteiger partial charge >= 0.3 is 8.25 Å². The number of hydrogen-bond acceptors (Lipinski definition) is 10. The van der Waals surface area contributed by atoms with Crippen molar-refractivity contribution in [2.45, 2.75) is 30.2 Å². The number of fused-ring (bicyclic) bond motifs is 1. The van der Waals surface area contributed by atoms with E-state index in [1.807, 2.05) is 78.9 Å². The molecule has 270 valence electrons. The van der Waals surface area contributed by atoms with Crippen molar-refractivity contribution in [2.24, 2.45) is 0 Å². The monoisotopic (exact) mass is 738 g/mol. The van der Waals surface area contributed by atoms with Crippen LogP contribution in [0.25, 0.3) is 11.2 Å². The Morgan fingerprint density at radius 3 is 2.04 bits per heavy atom. The first-order chi connectivity index (χ1) is 25.8. The predicted molar refractivity (Wildman–Crippen MR) is 191 cm³/mol. The summed E-state index contributed by atoms with van der Waals surface area (Å²) in [6, 6.07) is 32.7. The normalized spacial score (nSPS) is 18.8. The quantitative estimate of drug-likeness (QED) is 0.100. The summed E-state index contributed by atoms with van der Waals surface area (Å²) in [5.41, 5.74) is 1.62. The van der Waals surface area contributed by atoms with E-state index < -0.39 is 44.4 Å². The maximum atomic E-state index is 16.5. The van der Waals surface area contributed by atoms with Crippen molar-refractivity contribution in [3.63, 3.8) is 0 Å². The maximum absolute atomic E-state index is 16.5. The van der Waals surface area contributed by atoms with Crippen LogP contribution in [0.3, 0.4) is 0 Å². The first-order valence-corrected chi connectivity index (χ1v) is 17.6. The van der Waals surface area contributed by atoms with Gasteiger partial charge in [0.25, 0.3) is 5.91 Å². The van der Waals surface area contributed by atoms with Crippen molar-refractivity contribution in [1.82, 2.24) is 19.5 Å². The summed E-state index contributed by atoms with van der Waals surface area (Å²) in [6.07, 6.45) is -3.61. The van der Waals surface area contributed by atoms with Gasteiger partial charge in [0.15, 0.2) is 35.5 Å². The van der Waals surface area contributed by atoms with Crippen molar-refractivity contribution in [1.29, 1.82) is 0 Å². The average molecular weight is 739 g/mol. The Kier molecular flexibility index (Phi) is 10.5. The smallest absolute Gasteiger partial charge is 0.497 e. The summed E-state index contributed by atoms with van der Waals surface area (Å²) in [6.45, 7) is -0.294. The van der Waals surface area contributed by atoms with Crippen molar-refractivity contribution in [3.05, 3.63) is 144 Å². The van der Waals surface area contributed by atoms with Gasteiger partial charge in [-0.25, -0.2) is 19.3 Å². The first-order valence-electron chi connectivity index (χ1n) is 16.5. The third-order valence-electron chi connectivity index (χ3n) is 9.02. The molecule has 15 heteroatoms. The van der Waals surface area contributed by atoms with E-state index in [9.17, 15) is 14.3 Å². The van der Waals surface area contributed by atoms with Gasteiger partial charge in [-0.2, -0.15) is 0 Å².